The Morgan fingerprint density at radius 1 is 1.09 bits per heavy atom. The molecule has 0 fully saturated rings. The number of nitrogens with one attached hydrogen (secondary N) is 2. The molecule has 2 aromatic carbocycles. The van der Waals surface area contributed by atoms with Gasteiger partial charge >= 0.3 is 0 Å². The molecule has 2 rings (SSSR count). The van der Waals surface area contributed by atoms with Gasteiger partial charge < -0.3 is 15.3 Å². The van der Waals surface area contributed by atoms with Crippen molar-refractivity contribution >= 4 is 27.5 Å². The average Bonchev–Trinajstić information content (AvgIpc) is 2.82. The van der Waals surface area contributed by atoms with E-state index in [1.165, 1.54) is 17.0 Å². The Bertz CT molecular complexity index is 1120. The Balaban J connectivity index is 2.08. The maximum atomic E-state index is 12.9. The van der Waals surface area contributed by atoms with Gasteiger partial charge in [0.1, 0.15) is 6.04 Å². The van der Waals surface area contributed by atoms with Gasteiger partial charge in [0, 0.05) is 32.1 Å². The van der Waals surface area contributed by atoms with Crippen LogP contribution in [0.5, 0.6) is 0 Å². The first-order valence-corrected chi connectivity index (χ1v) is 12.5. The molecule has 2 aromatic rings. The molecule has 35 heavy (non-hydrogen) atoms. The summed E-state index contributed by atoms with van der Waals surface area (Å²) < 4.78 is 27.3. The molecule has 1 unspecified atom stereocenters. The molecule has 0 aliphatic heterocycles. The minimum Gasteiger partial charge on any atom is -0.395 e. The molecule has 0 spiro atoms. The summed E-state index contributed by atoms with van der Waals surface area (Å²) in [6.45, 7) is 2.95. The molecule has 1 atom stereocenters. The first kappa shape index (κ1) is 27.9. The van der Waals surface area contributed by atoms with Gasteiger partial charge in [-0.1, -0.05) is 56.3 Å². The molecular formula is C23H30N4O7S. The summed E-state index contributed by atoms with van der Waals surface area (Å²) in [7, 11) is -4.25. The number of aliphatic hydroxyl groups excluding tert-OH is 1. The second-order valence-corrected chi connectivity index (χ2v) is 9.81. The predicted octanol–water partition coefficient (Wildman–Crippen LogP) is 1.43. The van der Waals surface area contributed by atoms with Gasteiger partial charge in [-0.3, -0.25) is 19.7 Å². The van der Waals surface area contributed by atoms with Gasteiger partial charge in [0.05, 0.1) is 11.5 Å². The molecule has 0 bridgehead atoms. The van der Waals surface area contributed by atoms with Gasteiger partial charge in [-0.2, -0.15) is 0 Å². The minimum atomic E-state index is -4.25. The highest BCUT2D eigenvalue weighted by molar-refractivity contribution is 7.89. The van der Waals surface area contributed by atoms with E-state index in [4.69, 9.17) is 0 Å². The fourth-order valence-corrected chi connectivity index (χ4v) is 4.77. The molecule has 0 aromatic heterocycles. The Morgan fingerprint density at radius 3 is 2.31 bits per heavy atom. The SMILES string of the molecule is CC(C)C(C(=O)NCc1ccccc1)N(CCO)C(=O)CCNS(=O)(=O)c1ccccc1[N+](=O)[O-]. The van der Waals surface area contributed by atoms with E-state index >= 15 is 0 Å². The van der Waals surface area contributed by atoms with Crippen molar-refractivity contribution in [2.24, 2.45) is 5.92 Å². The highest BCUT2D eigenvalue weighted by atomic mass is 32.2. The average molecular weight is 507 g/mol. The van der Waals surface area contributed by atoms with E-state index < -0.39 is 43.4 Å². The molecule has 12 heteroatoms. The summed E-state index contributed by atoms with van der Waals surface area (Å²) in [5.41, 5.74) is 0.302. The monoisotopic (exact) mass is 506 g/mol. The number of nitrogens with zero attached hydrogens (tertiary/aromatic N) is 2. The largest absolute Gasteiger partial charge is 0.395 e. The predicted molar refractivity (Wildman–Crippen MR) is 129 cm³/mol. The zero-order chi connectivity index (χ0) is 26.0. The lowest BCUT2D eigenvalue weighted by molar-refractivity contribution is -0.387. The molecular weight excluding hydrogens is 476 g/mol. The third kappa shape index (κ3) is 7.84. The fraction of sp³-hybridized carbons (Fsp3) is 0.391. The molecule has 0 saturated heterocycles. The number of rotatable bonds is 13. The number of benzene rings is 2. The number of carbonyl (C=O) groups excluding carboxylic acids is 2. The number of nitro benzene ring substituents is 1. The van der Waals surface area contributed by atoms with Crippen molar-refractivity contribution < 1.29 is 28.0 Å². The van der Waals surface area contributed by atoms with Crippen LogP contribution in [0.3, 0.4) is 0 Å². The Morgan fingerprint density at radius 2 is 1.71 bits per heavy atom. The zero-order valence-electron chi connectivity index (χ0n) is 19.6. The number of amides is 2. The molecule has 0 aliphatic carbocycles. The molecule has 11 nitrogen and oxygen atoms in total. The number of nitro groups is 1. The topological polar surface area (TPSA) is 159 Å². The van der Waals surface area contributed by atoms with Gasteiger partial charge in [-0.05, 0) is 17.5 Å². The van der Waals surface area contributed by atoms with Crippen molar-refractivity contribution in [1.29, 1.82) is 0 Å². The molecule has 190 valence electrons. The summed E-state index contributed by atoms with van der Waals surface area (Å²) >= 11 is 0. The van der Waals surface area contributed by atoms with Crippen LogP contribution in [0.2, 0.25) is 0 Å². The maximum Gasteiger partial charge on any atom is 0.289 e. The molecule has 0 saturated carbocycles. The van der Waals surface area contributed by atoms with E-state index in [1.54, 1.807) is 13.8 Å². The number of carbonyl (C=O) groups is 2. The van der Waals surface area contributed by atoms with Crippen LogP contribution in [-0.2, 0) is 26.2 Å². The molecule has 3 N–H and O–H groups in total. The van der Waals surface area contributed by atoms with E-state index in [1.807, 2.05) is 30.3 Å². The van der Waals surface area contributed by atoms with Crippen LogP contribution in [0.1, 0.15) is 25.8 Å². The standard InChI is InChI=1S/C23H30N4O7S/c1-17(2)22(23(30)24-16-18-8-4-3-5-9-18)26(14-15-28)21(29)12-13-25-35(33,34)20-11-7-6-10-19(20)27(31)32/h3-11,17,22,25,28H,12-16H2,1-2H3,(H,24,30). The number of aliphatic hydroxyl groups is 1. The van der Waals surface area contributed by atoms with Crippen LogP contribution in [0, 0.1) is 16.0 Å². The van der Waals surface area contributed by atoms with Gasteiger partial charge in [0.25, 0.3) is 5.69 Å². The summed E-state index contributed by atoms with van der Waals surface area (Å²) in [5.74, 6) is -1.23. The number of sulfonamides is 1. The normalized spacial score (nSPS) is 12.2. The van der Waals surface area contributed by atoms with Crippen LogP contribution in [0.4, 0.5) is 5.69 Å². The molecule has 0 aliphatic rings. The van der Waals surface area contributed by atoms with Crippen molar-refractivity contribution in [3.05, 3.63) is 70.3 Å². The summed E-state index contributed by atoms with van der Waals surface area (Å²) in [4.78, 5) is 36.9. The van der Waals surface area contributed by atoms with Gasteiger partial charge in [-0.25, -0.2) is 13.1 Å². The maximum absolute atomic E-state index is 12.9. The first-order chi connectivity index (χ1) is 16.6. The summed E-state index contributed by atoms with van der Waals surface area (Å²) in [6.07, 6.45) is -0.310. The number of para-hydroxylation sites is 1. The third-order valence-corrected chi connectivity index (χ3v) is 6.70. The lowest BCUT2D eigenvalue weighted by Gasteiger charge is -2.33. The number of hydrogen-bond donors (Lipinski definition) is 3. The third-order valence-electron chi connectivity index (χ3n) is 5.19. The molecule has 2 amide bonds. The Kier molecular flexibility index (Phi) is 10.3. The van der Waals surface area contributed by atoms with Crippen molar-refractivity contribution in [2.75, 3.05) is 19.7 Å². The fourth-order valence-electron chi connectivity index (χ4n) is 3.57. The second kappa shape index (κ2) is 12.9. The van der Waals surface area contributed by atoms with Gasteiger partial charge in [-0.15, -0.1) is 0 Å². The van der Waals surface area contributed by atoms with Crippen LogP contribution < -0.4 is 10.0 Å². The van der Waals surface area contributed by atoms with E-state index in [2.05, 4.69) is 10.0 Å². The minimum absolute atomic E-state index is 0.114. The summed E-state index contributed by atoms with van der Waals surface area (Å²) in [5, 5.41) is 23.4. The van der Waals surface area contributed by atoms with Crippen molar-refractivity contribution in [1.82, 2.24) is 14.9 Å². The van der Waals surface area contributed by atoms with Crippen molar-refractivity contribution in [3.63, 3.8) is 0 Å². The van der Waals surface area contributed by atoms with Gasteiger partial charge in [0.2, 0.25) is 21.8 Å². The highest BCUT2D eigenvalue weighted by Gasteiger charge is 2.32. The lowest BCUT2D eigenvalue weighted by Crippen LogP contribution is -2.53. The van der Waals surface area contributed by atoms with Crippen molar-refractivity contribution in [3.8, 4) is 0 Å². The lowest BCUT2D eigenvalue weighted by atomic mass is 10.0. The van der Waals surface area contributed by atoms with Crippen molar-refractivity contribution in [2.45, 2.75) is 37.8 Å². The molecule has 0 radical (unpaired) electrons. The van der Waals surface area contributed by atoms with Gasteiger partial charge in [0.15, 0.2) is 4.90 Å². The Hall–Kier alpha value is -3.35. The quantitative estimate of drug-likeness (QED) is 0.274. The Labute approximate surface area is 204 Å². The van der Waals surface area contributed by atoms with E-state index in [0.717, 1.165) is 17.7 Å². The van der Waals surface area contributed by atoms with E-state index in [0.29, 0.717) is 0 Å². The first-order valence-electron chi connectivity index (χ1n) is 11.0. The highest BCUT2D eigenvalue weighted by Crippen LogP contribution is 2.22. The van der Waals surface area contributed by atoms with Crippen LogP contribution in [-0.4, -0.2) is 60.9 Å². The van der Waals surface area contributed by atoms with E-state index in [-0.39, 0.29) is 38.6 Å². The van der Waals surface area contributed by atoms with E-state index in [9.17, 15) is 33.2 Å². The molecule has 0 heterocycles. The summed E-state index contributed by atoms with van der Waals surface area (Å²) in [6, 6.07) is 13.2. The van der Waals surface area contributed by atoms with Crippen LogP contribution in [0.15, 0.2) is 59.5 Å². The number of hydrogen-bond acceptors (Lipinski definition) is 7. The van der Waals surface area contributed by atoms with Crippen LogP contribution in [0.25, 0.3) is 0 Å². The second-order valence-electron chi connectivity index (χ2n) is 8.08. The smallest absolute Gasteiger partial charge is 0.289 e. The zero-order valence-corrected chi connectivity index (χ0v) is 20.4. The van der Waals surface area contributed by atoms with Crippen LogP contribution >= 0.6 is 0 Å².